The van der Waals surface area contributed by atoms with Gasteiger partial charge in [0, 0.05) is 13.7 Å². The first kappa shape index (κ1) is 12.9. The van der Waals surface area contributed by atoms with Gasteiger partial charge in [-0.25, -0.2) is 4.39 Å². The van der Waals surface area contributed by atoms with E-state index >= 15 is 0 Å². The zero-order valence-corrected chi connectivity index (χ0v) is 9.92. The average molecular weight is 227 g/mol. The third-order valence-electron chi connectivity index (χ3n) is 2.25. The normalized spacial score (nSPS) is 12.5. The van der Waals surface area contributed by atoms with Crippen molar-refractivity contribution in [3.05, 3.63) is 29.6 Å². The molecule has 0 saturated carbocycles. The van der Waals surface area contributed by atoms with Gasteiger partial charge in [0.25, 0.3) is 0 Å². The predicted molar refractivity (Wildman–Crippen MR) is 61.1 cm³/mol. The van der Waals surface area contributed by atoms with Gasteiger partial charge in [0.1, 0.15) is 6.61 Å². The van der Waals surface area contributed by atoms with Crippen molar-refractivity contribution >= 4 is 0 Å². The molecular formula is C12H18FNO2. The van der Waals surface area contributed by atoms with Crippen molar-refractivity contribution in [2.45, 2.75) is 19.6 Å². The van der Waals surface area contributed by atoms with Gasteiger partial charge in [-0.05, 0) is 31.7 Å². The zero-order chi connectivity index (χ0) is 12.0. The molecule has 0 aromatic heterocycles. The van der Waals surface area contributed by atoms with Crippen LogP contribution >= 0.6 is 0 Å². The number of rotatable bonds is 6. The van der Waals surface area contributed by atoms with Gasteiger partial charge in [-0.2, -0.15) is 0 Å². The molecule has 0 heterocycles. The smallest absolute Gasteiger partial charge is 0.165 e. The van der Waals surface area contributed by atoms with E-state index in [9.17, 15) is 4.39 Å². The van der Waals surface area contributed by atoms with Crippen LogP contribution in [0, 0.1) is 5.82 Å². The molecule has 16 heavy (non-hydrogen) atoms. The number of methoxy groups -OCH3 is 1. The molecule has 1 aromatic carbocycles. The predicted octanol–water partition coefficient (Wildman–Crippen LogP) is 1.96. The fourth-order valence-corrected chi connectivity index (χ4v) is 1.25. The Balaban J connectivity index is 2.60. The number of hydrogen-bond donors (Lipinski definition) is 1. The minimum atomic E-state index is -0.337. The van der Waals surface area contributed by atoms with Crippen LogP contribution < -0.4 is 10.1 Å². The lowest BCUT2D eigenvalue weighted by atomic mass is 10.2. The van der Waals surface area contributed by atoms with Crippen molar-refractivity contribution in [2.75, 3.05) is 20.8 Å². The van der Waals surface area contributed by atoms with Crippen molar-refractivity contribution in [3.63, 3.8) is 0 Å². The maximum atomic E-state index is 13.5. The first-order valence-corrected chi connectivity index (χ1v) is 5.26. The first-order chi connectivity index (χ1) is 7.67. The number of nitrogens with one attached hydrogen (secondary N) is 1. The third kappa shape index (κ3) is 3.79. The molecular weight excluding hydrogens is 209 g/mol. The summed E-state index contributed by atoms with van der Waals surface area (Å²) in [4.78, 5) is 0. The highest BCUT2D eigenvalue weighted by Crippen LogP contribution is 2.18. The molecule has 0 spiro atoms. The Morgan fingerprint density at radius 3 is 2.75 bits per heavy atom. The van der Waals surface area contributed by atoms with Gasteiger partial charge >= 0.3 is 0 Å². The number of hydrogen-bond acceptors (Lipinski definition) is 3. The first-order valence-electron chi connectivity index (χ1n) is 5.26. The zero-order valence-electron chi connectivity index (χ0n) is 9.92. The molecule has 0 aliphatic heterocycles. The van der Waals surface area contributed by atoms with Crippen LogP contribution in [0.5, 0.6) is 5.75 Å². The molecule has 0 fully saturated rings. The Labute approximate surface area is 95.6 Å². The molecule has 90 valence electrons. The van der Waals surface area contributed by atoms with Gasteiger partial charge in [-0.3, -0.25) is 0 Å². The molecule has 1 rings (SSSR count). The van der Waals surface area contributed by atoms with E-state index in [1.54, 1.807) is 13.2 Å². The van der Waals surface area contributed by atoms with Crippen LogP contribution in [0.4, 0.5) is 4.39 Å². The lowest BCUT2D eigenvalue weighted by Crippen LogP contribution is -2.16. The van der Waals surface area contributed by atoms with Crippen LogP contribution in [-0.4, -0.2) is 26.9 Å². The fraction of sp³-hybridized carbons (Fsp3) is 0.500. The van der Waals surface area contributed by atoms with Gasteiger partial charge in [0.2, 0.25) is 0 Å². The molecule has 1 N–H and O–H groups in total. The molecule has 0 aliphatic carbocycles. The van der Waals surface area contributed by atoms with E-state index in [2.05, 4.69) is 5.32 Å². The Hall–Kier alpha value is -1.13. The van der Waals surface area contributed by atoms with E-state index in [1.165, 1.54) is 6.07 Å². The summed E-state index contributed by atoms with van der Waals surface area (Å²) >= 11 is 0. The summed E-state index contributed by atoms with van der Waals surface area (Å²) in [6, 6.07) is 4.96. The highest BCUT2D eigenvalue weighted by Gasteiger charge is 2.06. The summed E-state index contributed by atoms with van der Waals surface area (Å²) in [5, 5.41) is 2.96. The Morgan fingerprint density at radius 2 is 2.19 bits per heavy atom. The lowest BCUT2D eigenvalue weighted by molar-refractivity contribution is 0.0702. The maximum Gasteiger partial charge on any atom is 0.165 e. The fourth-order valence-electron chi connectivity index (χ4n) is 1.25. The number of ether oxygens (including phenoxy) is 2. The van der Waals surface area contributed by atoms with E-state index in [0.29, 0.717) is 13.2 Å². The second-order valence-electron chi connectivity index (χ2n) is 3.65. The molecule has 0 saturated heterocycles. The van der Waals surface area contributed by atoms with E-state index in [1.807, 2.05) is 20.0 Å². The van der Waals surface area contributed by atoms with Gasteiger partial charge < -0.3 is 14.8 Å². The third-order valence-corrected chi connectivity index (χ3v) is 2.25. The van der Waals surface area contributed by atoms with Crippen molar-refractivity contribution in [3.8, 4) is 5.75 Å². The largest absolute Gasteiger partial charge is 0.488 e. The van der Waals surface area contributed by atoms with Crippen molar-refractivity contribution < 1.29 is 13.9 Å². The summed E-state index contributed by atoms with van der Waals surface area (Å²) in [7, 11) is 3.42. The van der Waals surface area contributed by atoms with Gasteiger partial charge in [-0.15, -0.1) is 0 Å². The quantitative estimate of drug-likeness (QED) is 0.805. The number of benzene rings is 1. The average Bonchev–Trinajstić information content (AvgIpc) is 2.28. The second kappa shape index (κ2) is 6.45. The molecule has 1 unspecified atom stereocenters. The molecule has 3 nitrogen and oxygen atoms in total. The van der Waals surface area contributed by atoms with Crippen LogP contribution in [0.15, 0.2) is 18.2 Å². The summed E-state index contributed by atoms with van der Waals surface area (Å²) in [6.07, 6.45) is -0.0450. The minimum absolute atomic E-state index is 0.0450. The van der Waals surface area contributed by atoms with E-state index in [-0.39, 0.29) is 17.7 Å². The second-order valence-corrected chi connectivity index (χ2v) is 3.65. The molecule has 0 amide bonds. The van der Waals surface area contributed by atoms with Crippen LogP contribution in [-0.2, 0) is 11.3 Å². The Bertz CT molecular complexity index is 331. The van der Waals surface area contributed by atoms with Crippen LogP contribution in [0.25, 0.3) is 0 Å². The summed E-state index contributed by atoms with van der Waals surface area (Å²) in [5.41, 5.74) is 0.895. The Kier molecular flexibility index (Phi) is 5.22. The van der Waals surface area contributed by atoms with Crippen molar-refractivity contribution in [1.29, 1.82) is 0 Å². The topological polar surface area (TPSA) is 30.5 Å². The van der Waals surface area contributed by atoms with E-state index in [4.69, 9.17) is 9.47 Å². The molecule has 4 heteroatoms. The van der Waals surface area contributed by atoms with Crippen molar-refractivity contribution in [1.82, 2.24) is 5.32 Å². The van der Waals surface area contributed by atoms with Gasteiger partial charge in [0.05, 0.1) is 6.10 Å². The highest BCUT2D eigenvalue weighted by molar-refractivity contribution is 5.29. The van der Waals surface area contributed by atoms with Crippen LogP contribution in [0.3, 0.4) is 0 Å². The number of halogens is 1. The summed E-state index contributed by atoms with van der Waals surface area (Å²) in [5.74, 6) is -0.0696. The van der Waals surface area contributed by atoms with Gasteiger partial charge in [-0.1, -0.05) is 6.07 Å². The molecule has 0 aliphatic rings. The van der Waals surface area contributed by atoms with Crippen molar-refractivity contribution in [2.24, 2.45) is 0 Å². The van der Waals surface area contributed by atoms with Crippen LogP contribution in [0.1, 0.15) is 12.5 Å². The summed E-state index contributed by atoms with van der Waals surface area (Å²) < 4.78 is 23.9. The molecule has 1 atom stereocenters. The molecule has 0 bridgehead atoms. The lowest BCUT2D eigenvalue weighted by Gasteiger charge is -2.12. The Morgan fingerprint density at radius 1 is 1.44 bits per heavy atom. The monoisotopic (exact) mass is 227 g/mol. The highest BCUT2D eigenvalue weighted by atomic mass is 19.1. The standard InChI is InChI=1S/C12H18FNO2/c1-9(15-3)8-16-12-5-4-10(7-14-2)6-11(12)13/h4-6,9,14H,7-8H2,1-3H3. The molecule has 0 radical (unpaired) electrons. The minimum Gasteiger partial charge on any atom is -0.488 e. The van der Waals surface area contributed by atoms with Gasteiger partial charge in [0.15, 0.2) is 11.6 Å². The SMILES string of the molecule is CNCc1ccc(OCC(C)OC)c(F)c1. The van der Waals surface area contributed by atoms with E-state index < -0.39 is 0 Å². The van der Waals surface area contributed by atoms with E-state index in [0.717, 1.165) is 5.56 Å². The maximum absolute atomic E-state index is 13.5. The van der Waals surface area contributed by atoms with Crippen LogP contribution in [0.2, 0.25) is 0 Å². The summed E-state index contributed by atoms with van der Waals surface area (Å²) in [6.45, 7) is 2.86. The molecule has 1 aromatic rings.